The molecule has 0 N–H and O–H groups in total. The average Bonchev–Trinajstić information content (AvgIpc) is 2.50. The van der Waals surface area contributed by atoms with Gasteiger partial charge in [-0.15, -0.1) is 0 Å². The van der Waals surface area contributed by atoms with Gasteiger partial charge in [0.2, 0.25) is 0 Å². The Kier molecular flexibility index (Phi) is 9.38. The Morgan fingerprint density at radius 1 is 1.12 bits per heavy atom. The van der Waals surface area contributed by atoms with Crippen LogP contribution in [0.25, 0.3) is 0 Å². The molecule has 0 amide bonds. The minimum atomic E-state index is -0.415. The van der Waals surface area contributed by atoms with E-state index in [1.807, 2.05) is 67.5 Å². The molecule has 0 aromatic heterocycles. The number of rotatable bonds is 9. The van der Waals surface area contributed by atoms with Gasteiger partial charge in [0.05, 0.1) is 5.60 Å². The molecule has 0 saturated heterocycles. The number of ketones is 1. The molecule has 0 unspecified atom stereocenters. The first-order valence-electron chi connectivity index (χ1n) is 8.72. The third-order valence-electron chi connectivity index (χ3n) is 4.69. The maximum atomic E-state index is 12.2. The molecule has 0 bridgehead atoms. The van der Waals surface area contributed by atoms with Crippen molar-refractivity contribution >= 4 is 25.9 Å². The molecule has 135 valence electrons. The minimum Gasteiger partial charge on any atom is -0.428 e. The lowest BCUT2D eigenvalue weighted by Crippen LogP contribution is -2.44. The zero-order valence-electron chi connectivity index (χ0n) is 16.9. The number of carbonyl (C=O) groups is 1. The van der Waals surface area contributed by atoms with Crippen LogP contribution in [0, 0.1) is 0 Å². The van der Waals surface area contributed by atoms with Crippen LogP contribution in [0.3, 0.4) is 0 Å². The molecule has 0 aromatic rings. The highest BCUT2D eigenvalue weighted by atomic mass is 32.1. The molecular weight excluding hydrogens is 315 g/mol. The van der Waals surface area contributed by atoms with E-state index in [0.717, 1.165) is 28.6 Å². The number of thiol groups is 1. The highest BCUT2D eigenvalue weighted by Gasteiger charge is 2.34. The fourth-order valence-corrected chi connectivity index (χ4v) is 1.92. The first kappa shape index (κ1) is 23.3. The van der Waals surface area contributed by atoms with Crippen molar-refractivity contribution in [3.8, 4) is 0 Å². The number of allylic oxidation sites excluding steroid dienone is 6. The van der Waals surface area contributed by atoms with Crippen molar-refractivity contribution in [2.45, 2.75) is 85.5 Å². The van der Waals surface area contributed by atoms with Gasteiger partial charge in [0, 0.05) is 16.7 Å². The Bertz CT molecular complexity index is 534. The maximum absolute atomic E-state index is 12.2. The zero-order valence-corrected chi connectivity index (χ0v) is 17.8. The number of hydrogen-bond donors (Lipinski definition) is 1. The maximum Gasteiger partial charge on any atom is 0.330 e. The van der Waals surface area contributed by atoms with Crippen LogP contribution in [0.1, 0.15) is 75.2 Å². The van der Waals surface area contributed by atoms with Crippen molar-refractivity contribution in [2.24, 2.45) is 0 Å². The highest BCUT2D eigenvalue weighted by Crippen LogP contribution is 2.31. The SMILES string of the molecule is C\C=C([B]OC(C)(C)C(C)(C)S)/C(C)=C\C(C(=O)CC)=C(/C)CC. The van der Waals surface area contributed by atoms with Crippen LogP contribution in [-0.4, -0.2) is 23.6 Å². The predicted molar refractivity (Wildman–Crippen MR) is 110 cm³/mol. The lowest BCUT2D eigenvalue weighted by molar-refractivity contribution is -0.115. The van der Waals surface area contributed by atoms with Gasteiger partial charge in [0.25, 0.3) is 0 Å². The molecule has 0 aliphatic rings. The minimum absolute atomic E-state index is 0.182. The zero-order chi connectivity index (χ0) is 19.1. The van der Waals surface area contributed by atoms with Crippen LogP contribution in [0.4, 0.5) is 0 Å². The fraction of sp³-hybridized carbons (Fsp3) is 0.650. The van der Waals surface area contributed by atoms with Crippen molar-refractivity contribution < 1.29 is 9.45 Å². The summed E-state index contributed by atoms with van der Waals surface area (Å²) in [6.07, 6.45) is 5.38. The molecule has 2 nitrogen and oxygen atoms in total. The second kappa shape index (κ2) is 9.67. The van der Waals surface area contributed by atoms with E-state index in [2.05, 4.69) is 19.6 Å². The van der Waals surface area contributed by atoms with Gasteiger partial charge in [-0.25, -0.2) is 0 Å². The van der Waals surface area contributed by atoms with Crippen molar-refractivity contribution in [3.05, 3.63) is 34.3 Å². The quantitative estimate of drug-likeness (QED) is 0.251. The third kappa shape index (κ3) is 6.64. The first-order valence-corrected chi connectivity index (χ1v) is 9.17. The van der Waals surface area contributed by atoms with E-state index >= 15 is 0 Å². The Labute approximate surface area is 155 Å². The Hall–Kier alpha value is -0.735. The summed E-state index contributed by atoms with van der Waals surface area (Å²) in [6.45, 7) is 18.1. The van der Waals surface area contributed by atoms with Gasteiger partial charge in [-0.2, -0.15) is 12.6 Å². The van der Waals surface area contributed by atoms with Crippen molar-refractivity contribution in [3.63, 3.8) is 0 Å². The molecule has 0 aliphatic heterocycles. The molecule has 24 heavy (non-hydrogen) atoms. The van der Waals surface area contributed by atoms with Crippen LogP contribution in [0.5, 0.6) is 0 Å². The van der Waals surface area contributed by atoms with Crippen molar-refractivity contribution in [1.82, 2.24) is 0 Å². The van der Waals surface area contributed by atoms with Crippen LogP contribution >= 0.6 is 12.6 Å². The third-order valence-corrected chi connectivity index (χ3v) is 5.23. The van der Waals surface area contributed by atoms with Crippen molar-refractivity contribution in [1.29, 1.82) is 0 Å². The summed E-state index contributed by atoms with van der Waals surface area (Å²) in [5.41, 5.74) is 3.52. The molecule has 0 aliphatic carbocycles. The molecular formula is C20H34BO2S. The largest absolute Gasteiger partial charge is 0.428 e. The van der Waals surface area contributed by atoms with E-state index in [1.54, 1.807) is 7.48 Å². The molecule has 0 heterocycles. The van der Waals surface area contributed by atoms with E-state index in [0.29, 0.717) is 6.42 Å². The van der Waals surface area contributed by atoms with E-state index in [4.69, 9.17) is 4.65 Å². The Morgan fingerprint density at radius 3 is 2.04 bits per heavy atom. The fourth-order valence-electron chi connectivity index (χ4n) is 1.87. The lowest BCUT2D eigenvalue weighted by Gasteiger charge is -2.38. The normalized spacial score (nSPS) is 15.2. The average molecular weight is 349 g/mol. The summed E-state index contributed by atoms with van der Waals surface area (Å²) < 4.78 is 5.74. The molecule has 0 aromatic carbocycles. The number of hydrogen-bond acceptors (Lipinski definition) is 3. The Balaban J connectivity index is 5.44. The summed E-state index contributed by atoms with van der Waals surface area (Å²) in [5, 5.41) is 0. The lowest BCUT2D eigenvalue weighted by atomic mass is 9.78. The second-order valence-electron chi connectivity index (χ2n) is 7.20. The number of carbonyl (C=O) groups excluding carboxylic acids is 1. The molecule has 0 atom stereocenters. The molecule has 1 radical (unpaired) electrons. The second-order valence-corrected chi connectivity index (χ2v) is 8.32. The first-order chi connectivity index (χ1) is 10.9. The topological polar surface area (TPSA) is 26.3 Å². The smallest absolute Gasteiger partial charge is 0.330 e. The monoisotopic (exact) mass is 349 g/mol. The molecule has 4 heteroatoms. The highest BCUT2D eigenvalue weighted by molar-refractivity contribution is 7.81. The van der Waals surface area contributed by atoms with Crippen LogP contribution in [-0.2, 0) is 9.45 Å². The van der Waals surface area contributed by atoms with Gasteiger partial charge in [-0.3, -0.25) is 4.79 Å². The van der Waals surface area contributed by atoms with E-state index in [9.17, 15) is 4.79 Å². The summed E-state index contributed by atoms with van der Waals surface area (Å²) in [6, 6.07) is 0. The molecule has 0 saturated carbocycles. The number of Topliss-reactive ketones (excluding diaryl/α,β-unsaturated/α-hetero) is 1. The predicted octanol–water partition coefficient (Wildman–Crippen LogP) is 5.66. The van der Waals surface area contributed by atoms with Gasteiger partial charge >= 0.3 is 7.48 Å². The summed E-state index contributed by atoms with van der Waals surface area (Å²) in [5.74, 6) is 0.182. The van der Waals surface area contributed by atoms with Gasteiger partial charge < -0.3 is 4.65 Å². The summed E-state index contributed by atoms with van der Waals surface area (Å²) in [7, 11) is 1.78. The van der Waals surface area contributed by atoms with Crippen molar-refractivity contribution in [2.75, 3.05) is 0 Å². The van der Waals surface area contributed by atoms with Gasteiger partial charge in [-0.05, 0) is 61.0 Å². The van der Waals surface area contributed by atoms with E-state index in [1.165, 1.54) is 0 Å². The van der Waals surface area contributed by atoms with Gasteiger partial charge in [0.1, 0.15) is 0 Å². The van der Waals surface area contributed by atoms with E-state index < -0.39 is 5.60 Å². The van der Waals surface area contributed by atoms with Gasteiger partial charge in [-0.1, -0.05) is 36.5 Å². The Morgan fingerprint density at radius 2 is 1.67 bits per heavy atom. The summed E-state index contributed by atoms with van der Waals surface area (Å²) >= 11 is 4.62. The van der Waals surface area contributed by atoms with Crippen LogP contribution in [0.2, 0.25) is 0 Å². The van der Waals surface area contributed by atoms with E-state index in [-0.39, 0.29) is 10.5 Å². The molecule has 0 fully saturated rings. The molecule has 0 rings (SSSR count). The summed E-state index contributed by atoms with van der Waals surface area (Å²) in [4.78, 5) is 12.2. The van der Waals surface area contributed by atoms with Crippen LogP contribution < -0.4 is 0 Å². The molecule has 0 spiro atoms. The standard InChI is InChI=1S/C20H34BO2S/c1-10-14(4)16(18(22)12-3)13-15(5)17(11-2)21-23-19(6,7)20(8,9)24/h11,13,24H,10,12H2,1-9H3/b15-13-,16-14-,17-11+. The van der Waals surface area contributed by atoms with Gasteiger partial charge in [0.15, 0.2) is 5.78 Å². The van der Waals surface area contributed by atoms with Crippen LogP contribution in [0.15, 0.2) is 34.3 Å².